The Kier molecular flexibility index (Phi) is 2.29. The highest BCUT2D eigenvalue weighted by Gasteiger charge is 2.53. The largest absolute Gasteiger partial charge is 0.369 e. The van der Waals surface area contributed by atoms with Gasteiger partial charge < -0.3 is 4.90 Å². The average Bonchev–Trinajstić information content (AvgIpc) is 3.07. The lowest BCUT2D eigenvalue weighted by atomic mass is 9.73. The fourth-order valence-electron chi connectivity index (χ4n) is 3.54. The number of hydrogen-bond donors (Lipinski definition) is 0. The van der Waals surface area contributed by atoms with Crippen LogP contribution in [0.3, 0.4) is 0 Å². The van der Waals surface area contributed by atoms with E-state index in [9.17, 15) is 0 Å². The second-order valence-electron chi connectivity index (χ2n) is 6.45. The van der Waals surface area contributed by atoms with E-state index in [-0.39, 0.29) is 5.41 Å². The molecule has 1 nitrogen and oxygen atoms in total. The van der Waals surface area contributed by atoms with E-state index in [0.717, 1.165) is 5.56 Å². The smallest absolute Gasteiger partial charge is 0.0409 e. The van der Waals surface area contributed by atoms with Gasteiger partial charge in [0.25, 0.3) is 0 Å². The van der Waals surface area contributed by atoms with E-state index in [1.807, 2.05) is 6.92 Å². The van der Waals surface area contributed by atoms with E-state index >= 15 is 0 Å². The van der Waals surface area contributed by atoms with Crippen molar-refractivity contribution in [1.29, 1.82) is 0 Å². The van der Waals surface area contributed by atoms with Gasteiger partial charge in [0.05, 0.1) is 0 Å². The predicted octanol–water partition coefficient (Wildman–Crippen LogP) is 3.71. The van der Waals surface area contributed by atoms with Gasteiger partial charge in [-0.25, -0.2) is 0 Å². The molecule has 0 aromatic heterocycles. The van der Waals surface area contributed by atoms with E-state index in [4.69, 9.17) is 0 Å². The van der Waals surface area contributed by atoms with Gasteiger partial charge in [0.2, 0.25) is 0 Å². The van der Waals surface area contributed by atoms with Gasteiger partial charge in [0.15, 0.2) is 0 Å². The molecule has 0 unspecified atom stereocenters. The van der Waals surface area contributed by atoms with Crippen molar-refractivity contribution in [3.63, 3.8) is 0 Å². The maximum absolute atomic E-state index is 3.18. The molecular formula is C17H21N. The fourth-order valence-corrected chi connectivity index (χ4v) is 3.54. The van der Waals surface area contributed by atoms with Crippen LogP contribution in [-0.2, 0) is 5.41 Å². The van der Waals surface area contributed by atoms with Crippen LogP contribution in [0, 0.1) is 11.8 Å². The van der Waals surface area contributed by atoms with Crippen molar-refractivity contribution in [3.05, 3.63) is 29.3 Å². The number of fused-ring (bicyclic) bond motifs is 1. The lowest BCUT2D eigenvalue weighted by Gasteiger charge is -2.45. The summed E-state index contributed by atoms with van der Waals surface area (Å²) in [6.45, 7) is 6.65. The number of benzene rings is 1. The Labute approximate surface area is 110 Å². The van der Waals surface area contributed by atoms with Crippen LogP contribution >= 0.6 is 0 Å². The zero-order valence-corrected chi connectivity index (χ0v) is 11.8. The predicted molar refractivity (Wildman–Crippen MR) is 77.0 cm³/mol. The van der Waals surface area contributed by atoms with Crippen LogP contribution in [0.2, 0.25) is 0 Å². The molecule has 1 aromatic rings. The summed E-state index contributed by atoms with van der Waals surface area (Å²) in [7, 11) is 2.26. The Morgan fingerprint density at radius 1 is 1.22 bits per heavy atom. The highest BCUT2D eigenvalue weighted by atomic mass is 15.2. The second kappa shape index (κ2) is 3.54. The van der Waals surface area contributed by atoms with Crippen LogP contribution in [0.4, 0.5) is 5.69 Å². The van der Waals surface area contributed by atoms with Gasteiger partial charge in [0.1, 0.15) is 0 Å². The first-order chi connectivity index (χ1) is 8.48. The van der Waals surface area contributed by atoms with Gasteiger partial charge in [-0.3, -0.25) is 0 Å². The molecule has 94 valence electrons. The van der Waals surface area contributed by atoms with Crippen molar-refractivity contribution in [1.82, 2.24) is 0 Å². The Morgan fingerprint density at radius 2 is 1.94 bits per heavy atom. The molecule has 0 bridgehead atoms. The molecule has 0 saturated heterocycles. The molecule has 18 heavy (non-hydrogen) atoms. The van der Waals surface area contributed by atoms with Crippen molar-refractivity contribution < 1.29 is 0 Å². The molecule has 1 aliphatic heterocycles. The van der Waals surface area contributed by atoms with E-state index in [1.165, 1.54) is 30.5 Å². The first-order valence-corrected chi connectivity index (χ1v) is 6.80. The molecule has 1 heteroatoms. The Balaban J connectivity index is 2.14. The van der Waals surface area contributed by atoms with Gasteiger partial charge in [-0.15, -0.1) is 5.92 Å². The lowest BCUT2D eigenvalue weighted by molar-refractivity contribution is 0.378. The summed E-state index contributed by atoms with van der Waals surface area (Å²) in [5.41, 5.74) is 4.73. The highest BCUT2D eigenvalue weighted by Crippen LogP contribution is 2.56. The van der Waals surface area contributed by atoms with Crippen LogP contribution in [-0.4, -0.2) is 12.6 Å². The molecule has 0 radical (unpaired) electrons. The summed E-state index contributed by atoms with van der Waals surface area (Å²) in [5.74, 6) is 6.17. The topological polar surface area (TPSA) is 3.24 Å². The summed E-state index contributed by atoms with van der Waals surface area (Å²) in [6.07, 6.45) is 3.97. The molecule has 1 saturated carbocycles. The molecule has 0 N–H and O–H groups in total. The minimum Gasteiger partial charge on any atom is -0.369 e. The Hall–Kier alpha value is -1.42. The van der Waals surface area contributed by atoms with Crippen LogP contribution in [0.1, 0.15) is 51.2 Å². The number of hydrogen-bond acceptors (Lipinski definition) is 1. The number of rotatable bonds is 0. The zero-order valence-electron chi connectivity index (χ0n) is 11.8. The minimum absolute atomic E-state index is 0.268. The molecule has 1 spiro atoms. The molecule has 2 aliphatic rings. The summed E-state index contributed by atoms with van der Waals surface area (Å²) in [6, 6.07) is 6.71. The maximum atomic E-state index is 3.18. The fraction of sp³-hybridized carbons (Fsp3) is 0.529. The normalized spacial score (nSPS) is 22.1. The number of nitrogens with zero attached hydrogens (tertiary/aromatic N) is 1. The van der Waals surface area contributed by atoms with Gasteiger partial charge in [-0.2, -0.15) is 0 Å². The first-order valence-electron chi connectivity index (χ1n) is 6.80. The van der Waals surface area contributed by atoms with E-state index in [0.29, 0.717) is 5.54 Å². The van der Waals surface area contributed by atoms with Gasteiger partial charge >= 0.3 is 0 Å². The molecule has 1 heterocycles. The quantitative estimate of drug-likeness (QED) is 0.624. The monoisotopic (exact) mass is 239 g/mol. The van der Waals surface area contributed by atoms with Gasteiger partial charge in [-0.1, -0.05) is 19.8 Å². The van der Waals surface area contributed by atoms with Crippen molar-refractivity contribution in [2.24, 2.45) is 0 Å². The maximum Gasteiger partial charge on any atom is 0.0409 e. The van der Waals surface area contributed by atoms with Crippen LogP contribution in [0.25, 0.3) is 0 Å². The Morgan fingerprint density at radius 3 is 2.56 bits per heavy atom. The van der Waals surface area contributed by atoms with Crippen molar-refractivity contribution in [3.8, 4) is 11.8 Å². The average molecular weight is 239 g/mol. The zero-order chi connectivity index (χ0) is 13.0. The summed E-state index contributed by atoms with van der Waals surface area (Å²) < 4.78 is 0. The first kappa shape index (κ1) is 11.7. The lowest BCUT2D eigenvalue weighted by Crippen LogP contribution is -2.45. The minimum atomic E-state index is 0.268. The molecule has 0 atom stereocenters. The second-order valence-corrected chi connectivity index (χ2v) is 6.45. The van der Waals surface area contributed by atoms with Crippen molar-refractivity contribution >= 4 is 5.69 Å². The van der Waals surface area contributed by atoms with Gasteiger partial charge in [0, 0.05) is 23.8 Å². The summed E-state index contributed by atoms with van der Waals surface area (Å²) in [4.78, 5) is 2.51. The van der Waals surface area contributed by atoms with Gasteiger partial charge in [-0.05, 0) is 55.4 Å². The Bertz CT molecular complexity index is 553. The third-order valence-corrected chi connectivity index (χ3v) is 4.67. The molecular weight excluding hydrogens is 218 g/mol. The third-order valence-electron chi connectivity index (χ3n) is 4.67. The van der Waals surface area contributed by atoms with E-state index in [1.54, 1.807) is 0 Å². The number of anilines is 1. The van der Waals surface area contributed by atoms with E-state index < -0.39 is 0 Å². The SMILES string of the molecule is CC#Cc1ccc2c(c1)C(C)(C)CC1(CC1)N2C. The molecule has 3 rings (SSSR count). The molecule has 1 aromatic carbocycles. The highest BCUT2D eigenvalue weighted by molar-refractivity contribution is 5.64. The van der Waals surface area contributed by atoms with Crippen molar-refractivity contribution in [2.45, 2.75) is 51.0 Å². The van der Waals surface area contributed by atoms with Crippen LogP contribution in [0.5, 0.6) is 0 Å². The standard InChI is InChI=1S/C17H21N/c1-5-6-13-7-8-15-14(11-13)16(2,3)12-17(9-10-17)18(15)4/h7-8,11H,9-10,12H2,1-4H3. The summed E-state index contributed by atoms with van der Waals surface area (Å²) in [5, 5.41) is 0. The third kappa shape index (κ3) is 1.56. The van der Waals surface area contributed by atoms with Crippen LogP contribution < -0.4 is 4.90 Å². The van der Waals surface area contributed by atoms with E-state index in [2.05, 4.69) is 55.8 Å². The molecule has 0 amide bonds. The molecule has 1 aliphatic carbocycles. The van der Waals surface area contributed by atoms with Crippen LogP contribution in [0.15, 0.2) is 18.2 Å². The van der Waals surface area contributed by atoms with Crippen molar-refractivity contribution in [2.75, 3.05) is 11.9 Å². The molecule has 1 fully saturated rings. The summed E-state index contributed by atoms with van der Waals surface area (Å²) >= 11 is 0.